The number of fused-ring (bicyclic) bond motifs is 1. The van der Waals surface area contributed by atoms with E-state index in [1.165, 1.54) is 0 Å². The summed E-state index contributed by atoms with van der Waals surface area (Å²) < 4.78 is 0. The van der Waals surface area contributed by atoms with Crippen molar-refractivity contribution in [3.63, 3.8) is 0 Å². The maximum Gasteiger partial charge on any atom is 0.251 e. The lowest BCUT2D eigenvalue weighted by Gasteiger charge is -2.10. The van der Waals surface area contributed by atoms with Gasteiger partial charge in [-0.15, -0.1) is 0 Å². The molecule has 0 fully saturated rings. The standard InChI is InChI=1S/C17H24N2O3/c20-11-4-2-1-3-10-18-17(22)14-8-9-15-13(12-14)6-5-7-16(21)19-15/h8-9,12,20H,1-7,10-11H2,(H,18,22)(H,19,21). The van der Waals surface area contributed by atoms with Gasteiger partial charge >= 0.3 is 0 Å². The van der Waals surface area contributed by atoms with Crippen LogP contribution in [0, 0.1) is 0 Å². The second kappa shape index (κ2) is 8.54. The van der Waals surface area contributed by atoms with Crippen molar-refractivity contribution in [3.05, 3.63) is 29.3 Å². The summed E-state index contributed by atoms with van der Waals surface area (Å²) in [6.07, 6.45) is 5.91. The number of benzene rings is 1. The van der Waals surface area contributed by atoms with E-state index < -0.39 is 0 Å². The van der Waals surface area contributed by atoms with Crippen LogP contribution in [0.2, 0.25) is 0 Å². The van der Waals surface area contributed by atoms with Gasteiger partial charge in [0.1, 0.15) is 0 Å². The quantitative estimate of drug-likeness (QED) is 0.676. The molecule has 5 nitrogen and oxygen atoms in total. The Bertz CT molecular complexity index is 529. The average Bonchev–Trinajstić information content (AvgIpc) is 2.70. The van der Waals surface area contributed by atoms with Crippen LogP contribution < -0.4 is 10.6 Å². The van der Waals surface area contributed by atoms with E-state index >= 15 is 0 Å². The number of hydrogen-bond donors (Lipinski definition) is 3. The number of anilines is 1. The minimum Gasteiger partial charge on any atom is -0.396 e. The fourth-order valence-electron chi connectivity index (χ4n) is 2.61. The number of rotatable bonds is 7. The molecule has 120 valence electrons. The van der Waals surface area contributed by atoms with Crippen molar-refractivity contribution >= 4 is 17.5 Å². The van der Waals surface area contributed by atoms with Gasteiger partial charge in [0.25, 0.3) is 5.91 Å². The van der Waals surface area contributed by atoms with Crippen molar-refractivity contribution in [1.29, 1.82) is 0 Å². The zero-order chi connectivity index (χ0) is 15.8. The summed E-state index contributed by atoms with van der Waals surface area (Å²) in [5, 5.41) is 14.5. The highest BCUT2D eigenvalue weighted by Gasteiger charge is 2.14. The highest BCUT2D eigenvalue weighted by Crippen LogP contribution is 2.23. The Morgan fingerprint density at radius 1 is 1.18 bits per heavy atom. The minimum absolute atomic E-state index is 0.0406. The monoisotopic (exact) mass is 304 g/mol. The summed E-state index contributed by atoms with van der Waals surface area (Å²) in [4.78, 5) is 23.6. The molecule has 1 heterocycles. The molecule has 0 spiro atoms. The third-order valence-electron chi connectivity index (χ3n) is 3.86. The molecule has 0 unspecified atom stereocenters. The first-order valence-electron chi connectivity index (χ1n) is 8.02. The molecule has 1 aromatic carbocycles. The van der Waals surface area contributed by atoms with Gasteiger partial charge in [-0.1, -0.05) is 12.8 Å². The highest BCUT2D eigenvalue weighted by atomic mass is 16.3. The van der Waals surface area contributed by atoms with Gasteiger partial charge in [0.15, 0.2) is 0 Å². The van der Waals surface area contributed by atoms with E-state index in [1.807, 2.05) is 12.1 Å². The van der Waals surface area contributed by atoms with Crippen LogP contribution in [0.25, 0.3) is 0 Å². The SMILES string of the molecule is O=C1CCCc2cc(C(=O)NCCCCCCO)ccc2N1. The lowest BCUT2D eigenvalue weighted by atomic mass is 10.0. The Kier molecular flexibility index (Phi) is 6.40. The van der Waals surface area contributed by atoms with Crippen molar-refractivity contribution < 1.29 is 14.7 Å². The summed E-state index contributed by atoms with van der Waals surface area (Å²) in [5.41, 5.74) is 2.50. The van der Waals surface area contributed by atoms with Gasteiger partial charge in [0.2, 0.25) is 5.91 Å². The average molecular weight is 304 g/mol. The molecule has 3 N–H and O–H groups in total. The topological polar surface area (TPSA) is 78.4 Å². The first-order chi connectivity index (χ1) is 10.7. The van der Waals surface area contributed by atoms with Crippen molar-refractivity contribution in [1.82, 2.24) is 5.32 Å². The van der Waals surface area contributed by atoms with Gasteiger partial charge in [-0.05, 0) is 49.4 Å². The highest BCUT2D eigenvalue weighted by molar-refractivity contribution is 5.97. The van der Waals surface area contributed by atoms with Crippen molar-refractivity contribution in [2.45, 2.75) is 44.9 Å². The van der Waals surface area contributed by atoms with Crippen LogP contribution in [-0.4, -0.2) is 30.1 Å². The van der Waals surface area contributed by atoms with Gasteiger partial charge in [-0.25, -0.2) is 0 Å². The molecule has 0 aromatic heterocycles. The van der Waals surface area contributed by atoms with Crippen molar-refractivity contribution in [2.75, 3.05) is 18.5 Å². The fourth-order valence-corrected chi connectivity index (χ4v) is 2.61. The van der Waals surface area contributed by atoms with Gasteiger partial charge in [0, 0.05) is 30.8 Å². The second-order valence-corrected chi connectivity index (χ2v) is 5.67. The molecule has 0 bridgehead atoms. The molecule has 0 saturated carbocycles. The number of carbonyl (C=O) groups excluding carboxylic acids is 2. The molecular formula is C17H24N2O3. The Balaban J connectivity index is 1.85. The summed E-state index contributed by atoms with van der Waals surface area (Å²) in [5.74, 6) is -0.0284. The molecule has 0 saturated heterocycles. The number of aryl methyl sites for hydroxylation is 1. The van der Waals surface area contributed by atoms with Crippen LogP contribution in [0.4, 0.5) is 5.69 Å². The summed E-state index contributed by atoms with van der Waals surface area (Å²) in [6, 6.07) is 5.45. The first-order valence-corrected chi connectivity index (χ1v) is 8.02. The van der Waals surface area contributed by atoms with Gasteiger partial charge in [-0.3, -0.25) is 9.59 Å². The summed E-state index contributed by atoms with van der Waals surface area (Å²) in [6.45, 7) is 0.885. The maximum atomic E-state index is 12.1. The lowest BCUT2D eigenvalue weighted by Crippen LogP contribution is -2.24. The maximum absolute atomic E-state index is 12.1. The minimum atomic E-state index is -0.0690. The van der Waals surface area contributed by atoms with Gasteiger partial charge in [0.05, 0.1) is 0 Å². The van der Waals surface area contributed by atoms with Crippen LogP contribution in [0.15, 0.2) is 18.2 Å². The summed E-state index contributed by atoms with van der Waals surface area (Å²) >= 11 is 0. The molecular weight excluding hydrogens is 280 g/mol. The number of amides is 2. The number of unbranched alkanes of at least 4 members (excludes halogenated alkanes) is 3. The van der Waals surface area contributed by atoms with Crippen molar-refractivity contribution in [3.8, 4) is 0 Å². The van der Waals surface area contributed by atoms with E-state index in [4.69, 9.17) is 5.11 Å². The normalized spacial score (nSPS) is 14.0. The molecule has 0 radical (unpaired) electrons. The Hall–Kier alpha value is -1.88. The molecule has 1 aliphatic heterocycles. The van der Waals surface area contributed by atoms with Crippen LogP contribution in [-0.2, 0) is 11.2 Å². The fraction of sp³-hybridized carbons (Fsp3) is 0.529. The Morgan fingerprint density at radius 2 is 2.00 bits per heavy atom. The number of nitrogens with one attached hydrogen (secondary N) is 2. The Morgan fingerprint density at radius 3 is 2.82 bits per heavy atom. The lowest BCUT2D eigenvalue weighted by molar-refractivity contribution is -0.116. The molecule has 5 heteroatoms. The smallest absolute Gasteiger partial charge is 0.251 e. The third kappa shape index (κ3) is 4.84. The van der Waals surface area contributed by atoms with Gasteiger partial charge in [-0.2, -0.15) is 0 Å². The first kappa shape index (κ1) is 16.5. The molecule has 2 amide bonds. The van der Waals surface area contributed by atoms with E-state index in [-0.39, 0.29) is 18.4 Å². The number of hydrogen-bond acceptors (Lipinski definition) is 3. The van der Waals surface area contributed by atoms with Gasteiger partial charge < -0.3 is 15.7 Å². The van der Waals surface area contributed by atoms with Crippen molar-refractivity contribution in [2.24, 2.45) is 0 Å². The predicted molar refractivity (Wildman–Crippen MR) is 85.9 cm³/mol. The van der Waals surface area contributed by atoms with Crippen LogP contribution in [0.1, 0.15) is 54.4 Å². The molecule has 0 atom stereocenters. The molecule has 0 aliphatic carbocycles. The molecule has 1 aliphatic rings. The summed E-state index contributed by atoms with van der Waals surface area (Å²) in [7, 11) is 0. The largest absolute Gasteiger partial charge is 0.396 e. The van der Waals surface area contributed by atoms with E-state index in [1.54, 1.807) is 6.07 Å². The molecule has 22 heavy (non-hydrogen) atoms. The predicted octanol–water partition coefficient (Wildman–Crippen LogP) is 2.24. The van der Waals surface area contributed by atoms with Crippen LogP contribution in [0.5, 0.6) is 0 Å². The van der Waals surface area contributed by atoms with E-state index in [0.717, 1.165) is 49.8 Å². The third-order valence-corrected chi connectivity index (χ3v) is 3.86. The van der Waals surface area contributed by atoms with Crippen LogP contribution in [0.3, 0.4) is 0 Å². The number of carbonyl (C=O) groups is 2. The van der Waals surface area contributed by atoms with E-state index in [0.29, 0.717) is 18.5 Å². The van der Waals surface area contributed by atoms with Crippen LogP contribution >= 0.6 is 0 Å². The molecule has 2 rings (SSSR count). The number of aliphatic hydroxyl groups excluding tert-OH is 1. The Labute approximate surface area is 131 Å². The zero-order valence-corrected chi connectivity index (χ0v) is 12.9. The number of aliphatic hydroxyl groups is 1. The zero-order valence-electron chi connectivity index (χ0n) is 12.9. The van der Waals surface area contributed by atoms with E-state index in [9.17, 15) is 9.59 Å². The molecule has 1 aromatic rings. The van der Waals surface area contributed by atoms with E-state index in [2.05, 4.69) is 10.6 Å². The second-order valence-electron chi connectivity index (χ2n) is 5.67.